The number of esters is 1. The van der Waals surface area contributed by atoms with Crippen molar-refractivity contribution in [2.75, 3.05) is 26.1 Å². The number of aromatic nitrogens is 1. The minimum atomic E-state index is -1.13. The second-order valence-electron chi connectivity index (χ2n) is 11.7. The highest BCUT2D eigenvalue weighted by Gasteiger charge is 2.38. The molecule has 1 aliphatic rings. The summed E-state index contributed by atoms with van der Waals surface area (Å²) in [6, 6.07) is 3.58. The SMILES string of the molecule is COC(=O)CC[C@H](NC(=O)CCl)C(=O)N1CCCC[C@H]1C(=O)N[C@@H](Cc1c[nH]c2ccccc12)C(=O)C[C@@H](CCCNC(N)=O)C(N)=O. The van der Waals surface area contributed by atoms with Crippen molar-refractivity contribution < 1.29 is 38.3 Å². The molecule has 8 N–H and O–H groups in total. The Morgan fingerprint density at radius 3 is 2.48 bits per heavy atom. The molecule has 1 aromatic carbocycles. The van der Waals surface area contributed by atoms with Crippen LogP contribution in [0.25, 0.3) is 10.9 Å². The number of amides is 6. The Balaban J connectivity index is 1.85. The van der Waals surface area contributed by atoms with Gasteiger partial charge < -0.3 is 42.0 Å². The first-order valence-corrected chi connectivity index (χ1v) is 16.4. The normalized spacial score (nSPS) is 16.3. The van der Waals surface area contributed by atoms with Crippen LogP contribution in [0.1, 0.15) is 56.9 Å². The van der Waals surface area contributed by atoms with Gasteiger partial charge in [-0.05, 0) is 50.2 Å². The number of hydrogen-bond acceptors (Lipinski definition) is 8. The zero-order chi connectivity index (χ0) is 35.2. The molecule has 15 nitrogen and oxygen atoms in total. The summed E-state index contributed by atoms with van der Waals surface area (Å²) in [6.45, 7) is 0.410. The third-order valence-corrected chi connectivity index (χ3v) is 8.63. The molecule has 0 radical (unpaired) electrons. The van der Waals surface area contributed by atoms with Gasteiger partial charge in [0, 0.05) is 55.4 Å². The number of Topliss-reactive ketones (excluding diaryl/α,β-unsaturated/α-hetero) is 1. The second kappa shape index (κ2) is 18.6. The molecule has 1 aromatic heterocycles. The molecule has 6 amide bonds. The third-order valence-electron chi connectivity index (χ3n) is 8.39. The first-order valence-electron chi connectivity index (χ1n) is 15.9. The maximum absolute atomic E-state index is 13.9. The van der Waals surface area contributed by atoms with Crippen LogP contribution in [0.4, 0.5) is 4.79 Å². The lowest BCUT2D eigenvalue weighted by Gasteiger charge is -2.37. The van der Waals surface area contributed by atoms with Gasteiger partial charge in [-0.1, -0.05) is 18.2 Å². The predicted molar refractivity (Wildman–Crippen MR) is 176 cm³/mol. The number of piperidine rings is 1. The average molecular weight is 690 g/mol. The summed E-state index contributed by atoms with van der Waals surface area (Å²) in [5.41, 5.74) is 12.3. The number of hydrogen-bond donors (Lipinski definition) is 6. The lowest BCUT2D eigenvalue weighted by Crippen LogP contribution is -2.59. The van der Waals surface area contributed by atoms with Crippen molar-refractivity contribution in [3.63, 3.8) is 0 Å². The van der Waals surface area contributed by atoms with Gasteiger partial charge in [-0.2, -0.15) is 0 Å². The summed E-state index contributed by atoms with van der Waals surface area (Å²) in [4.78, 5) is 93.3. The van der Waals surface area contributed by atoms with Crippen molar-refractivity contribution in [2.45, 2.75) is 75.9 Å². The van der Waals surface area contributed by atoms with Crippen LogP contribution in [0, 0.1) is 5.92 Å². The number of nitrogens with two attached hydrogens (primary N) is 2. The number of fused-ring (bicyclic) bond motifs is 1. The maximum Gasteiger partial charge on any atom is 0.312 e. The van der Waals surface area contributed by atoms with Crippen molar-refractivity contribution in [3.05, 3.63) is 36.0 Å². The molecule has 3 rings (SSSR count). The van der Waals surface area contributed by atoms with Gasteiger partial charge in [0.25, 0.3) is 0 Å². The van der Waals surface area contributed by atoms with E-state index in [9.17, 15) is 33.6 Å². The van der Waals surface area contributed by atoms with Gasteiger partial charge in [-0.3, -0.25) is 28.8 Å². The van der Waals surface area contributed by atoms with E-state index in [0.717, 1.165) is 16.5 Å². The fourth-order valence-corrected chi connectivity index (χ4v) is 5.92. The molecule has 262 valence electrons. The molecule has 2 heterocycles. The van der Waals surface area contributed by atoms with Crippen LogP contribution in [-0.4, -0.2) is 95.5 Å². The zero-order valence-corrected chi connectivity index (χ0v) is 27.7. The molecule has 0 saturated carbocycles. The monoisotopic (exact) mass is 689 g/mol. The molecular formula is C32H44ClN7O8. The van der Waals surface area contributed by atoms with Gasteiger partial charge >= 0.3 is 12.0 Å². The summed E-state index contributed by atoms with van der Waals surface area (Å²) in [5.74, 6) is -4.71. The van der Waals surface area contributed by atoms with Crippen molar-refractivity contribution in [3.8, 4) is 0 Å². The van der Waals surface area contributed by atoms with Crippen molar-refractivity contribution in [1.82, 2.24) is 25.8 Å². The summed E-state index contributed by atoms with van der Waals surface area (Å²) in [7, 11) is 1.21. The van der Waals surface area contributed by atoms with Gasteiger partial charge in [0.05, 0.1) is 13.2 Å². The highest BCUT2D eigenvalue weighted by molar-refractivity contribution is 6.27. The highest BCUT2D eigenvalue weighted by atomic mass is 35.5. The van der Waals surface area contributed by atoms with Gasteiger partial charge in [0.2, 0.25) is 23.6 Å². The Bertz CT molecular complexity index is 1480. The number of aromatic amines is 1. The maximum atomic E-state index is 13.9. The van der Waals surface area contributed by atoms with Crippen LogP contribution in [0.15, 0.2) is 30.5 Å². The van der Waals surface area contributed by atoms with E-state index < -0.39 is 71.3 Å². The van der Waals surface area contributed by atoms with Crippen molar-refractivity contribution in [2.24, 2.45) is 17.4 Å². The van der Waals surface area contributed by atoms with E-state index in [1.54, 1.807) is 6.20 Å². The quantitative estimate of drug-likeness (QED) is 0.0741. The lowest BCUT2D eigenvalue weighted by molar-refractivity contribution is -0.146. The molecule has 0 unspecified atom stereocenters. The number of methoxy groups -OCH3 is 1. The number of halogens is 1. The van der Waals surface area contributed by atoms with E-state index >= 15 is 0 Å². The lowest BCUT2D eigenvalue weighted by atomic mass is 9.90. The Hall–Kier alpha value is -4.66. The van der Waals surface area contributed by atoms with Crippen LogP contribution in [0.5, 0.6) is 0 Å². The predicted octanol–water partition coefficient (Wildman–Crippen LogP) is 0.762. The number of rotatable bonds is 18. The van der Waals surface area contributed by atoms with Crippen molar-refractivity contribution >= 4 is 63.9 Å². The van der Waals surface area contributed by atoms with Gasteiger partial charge in [-0.15, -0.1) is 11.6 Å². The Morgan fingerprint density at radius 1 is 1.04 bits per heavy atom. The number of nitrogens with one attached hydrogen (secondary N) is 4. The molecular weight excluding hydrogens is 646 g/mol. The Labute approximate surface area is 283 Å². The number of carbonyl (C=O) groups excluding carboxylic acids is 7. The molecule has 1 fully saturated rings. The Morgan fingerprint density at radius 2 is 1.79 bits per heavy atom. The average Bonchev–Trinajstić information content (AvgIpc) is 3.49. The fourth-order valence-electron chi connectivity index (χ4n) is 5.85. The molecule has 16 heteroatoms. The van der Waals surface area contributed by atoms with E-state index in [2.05, 4.69) is 25.7 Å². The smallest absolute Gasteiger partial charge is 0.312 e. The van der Waals surface area contributed by atoms with Gasteiger partial charge in [0.1, 0.15) is 18.0 Å². The van der Waals surface area contributed by atoms with E-state index in [4.69, 9.17) is 23.1 Å². The third kappa shape index (κ3) is 11.0. The summed E-state index contributed by atoms with van der Waals surface area (Å²) in [5, 5.41) is 8.67. The number of ketones is 1. The zero-order valence-electron chi connectivity index (χ0n) is 26.9. The summed E-state index contributed by atoms with van der Waals surface area (Å²) in [6.07, 6.45) is 3.46. The molecule has 0 spiro atoms. The molecule has 0 bridgehead atoms. The number of alkyl halides is 1. The summed E-state index contributed by atoms with van der Waals surface area (Å²) >= 11 is 5.66. The fraction of sp³-hybridized carbons (Fsp3) is 0.531. The minimum absolute atomic E-state index is 0.0654. The number of likely N-dealkylation sites (tertiary alicyclic amines) is 1. The Kier molecular flexibility index (Phi) is 14.7. The van der Waals surface area contributed by atoms with Gasteiger partial charge in [-0.25, -0.2) is 4.79 Å². The number of nitrogens with zero attached hydrogens (tertiary/aromatic N) is 1. The van der Waals surface area contributed by atoms with Gasteiger partial charge in [0.15, 0.2) is 5.78 Å². The molecule has 0 aliphatic carbocycles. The number of ether oxygens (including phenoxy) is 1. The van der Waals surface area contributed by atoms with Crippen LogP contribution >= 0.6 is 11.6 Å². The largest absolute Gasteiger partial charge is 0.469 e. The van der Waals surface area contributed by atoms with Crippen LogP contribution in [0.3, 0.4) is 0 Å². The summed E-state index contributed by atoms with van der Waals surface area (Å²) < 4.78 is 4.68. The number of benzene rings is 1. The first kappa shape index (κ1) is 37.8. The number of H-pyrrole nitrogens is 1. The van der Waals surface area contributed by atoms with Crippen molar-refractivity contribution in [1.29, 1.82) is 0 Å². The van der Waals surface area contributed by atoms with Crippen LogP contribution in [0.2, 0.25) is 0 Å². The standard InChI is InChI=1S/C32H44ClN7O8/c1-48-28(43)12-11-23(38-27(42)17-33)31(46)40-14-5-4-10-25(40)30(45)39-24(15-20-18-37-22-9-3-2-8-21(20)22)26(41)16-19(29(34)44)7-6-13-36-32(35)47/h2-3,8-9,18-19,23-25,37H,4-7,10-17H2,1H3,(H2,34,44)(H,38,42)(H,39,45)(H3,35,36,47)/t19-,23+,24+,25+/m1/s1. The first-order chi connectivity index (χ1) is 22.9. The van der Waals surface area contributed by atoms with E-state index in [-0.39, 0.29) is 45.2 Å². The topological polar surface area (TPSA) is 236 Å². The minimum Gasteiger partial charge on any atom is -0.469 e. The second-order valence-corrected chi connectivity index (χ2v) is 12.0. The molecule has 1 saturated heterocycles. The van der Waals surface area contributed by atoms with Crippen LogP contribution < -0.4 is 27.4 Å². The highest BCUT2D eigenvalue weighted by Crippen LogP contribution is 2.23. The number of para-hydroxylation sites is 1. The molecule has 1 aliphatic heterocycles. The van der Waals surface area contributed by atoms with E-state index in [1.165, 1.54) is 12.0 Å². The molecule has 2 aromatic rings. The molecule has 48 heavy (non-hydrogen) atoms. The number of primary amides is 2. The number of carbonyl (C=O) groups is 7. The van der Waals surface area contributed by atoms with E-state index in [0.29, 0.717) is 25.7 Å². The van der Waals surface area contributed by atoms with E-state index in [1.807, 2.05) is 24.3 Å². The van der Waals surface area contributed by atoms with Crippen LogP contribution in [-0.2, 0) is 39.9 Å². The molecule has 4 atom stereocenters. The number of urea groups is 1.